The molecule has 0 aromatic carbocycles. The van der Waals surface area contributed by atoms with E-state index in [9.17, 15) is 0 Å². The van der Waals surface area contributed by atoms with Crippen molar-refractivity contribution >= 4 is 0 Å². The van der Waals surface area contributed by atoms with Gasteiger partial charge in [0.2, 0.25) is 0 Å². The Morgan fingerprint density at radius 2 is 2.33 bits per heavy atom. The summed E-state index contributed by atoms with van der Waals surface area (Å²) in [6.45, 7) is 4.27. The maximum Gasteiger partial charge on any atom is 0.0474 e. The molecule has 0 amide bonds. The minimum atomic E-state index is 0.835. The van der Waals surface area contributed by atoms with Crippen molar-refractivity contribution in [2.45, 2.75) is 38.6 Å². The first-order valence-corrected chi connectivity index (χ1v) is 5.10. The molecule has 2 nitrogen and oxygen atoms in total. The lowest BCUT2D eigenvalue weighted by atomic mass is 10.2. The van der Waals surface area contributed by atoms with Crippen molar-refractivity contribution in [2.24, 2.45) is 5.92 Å². The van der Waals surface area contributed by atoms with Gasteiger partial charge in [-0.15, -0.1) is 0 Å². The number of ether oxygens (including phenoxy) is 1. The molecule has 12 heavy (non-hydrogen) atoms. The molecule has 1 aliphatic rings. The average molecular weight is 171 g/mol. The van der Waals surface area contributed by atoms with E-state index in [1.165, 1.54) is 19.3 Å². The van der Waals surface area contributed by atoms with Gasteiger partial charge >= 0.3 is 0 Å². The number of rotatable bonds is 7. The molecule has 0 aromatic heterocycles. The molecule has 1 fully saturated rings. The van der Waals surface area contributed by atoms with Gasteiger partial charge in [-0.3, -0.25) is 0 Å². The van der Waals surface area contributed by atoms with E-state index in [4.69, 9.17) is 4.74 Å². The van der Waals surface area contributed by atoms with Crippen molar-refractivity contribution < 1.29 is 4.74 Å². The Morgan fingerprint density at radius 3 is 3.00 bits per heavy atom. The standard InChI is InChI=1S/C10H21NO/c1-3-5-9-8-10(9)11-6-4-7-12-2/h9-11H,3-8H2,1-2H3. The van der Waals surface area contributed by atoms with E-state index in [2.05, 4.69) is 12.2 Å². The molecule has 1 rings (SSSR count). The van der Waals surface area contributed by atoms with Gasteiger partial charge in [0.15, 0.2) is 0 Å². The van der Waals surface area contributed by atoms with Gasteiger partial charge in [-0.25, -0.2) is 0 Å². The van der Waals surface area contributed by atoms with E-state index in [-0.39, 0.29) is 0 Å². The zero-order valence-electron chi connectivity index (χ0n) is 8.31. The van der Waals surface area contributed by atoms with Gasteiger partial charge in [0.25, 0.3) is 0 Å². The summed E-state index contributed by atoms with van der Waals surface area (Å²) in [5.74, 6) is 0.984. The van der Waals surface area contributed by atoms with Crippen LogP contribution in [-0.4, -0.2) is 26.3 Å². The summed E-state index contributed by atoms with van der Waals surface area (Å²) in [6, 6.07) is 0.835. The van der Waals surface area contributed by atoms with Gasteiger partial charge in [-0.2, -0.15) is 0 Å². The van der Waals surface area contributed by atoms with Gasteiger partial charge in [-0.05, 0) is 31.7 Å². The lowest BCUT2D eigenvalue weighted by molar-refractivity contribution is 0.194. The van der Waals surface area contributed by atoms with Crippen LogP contribution in [0.1, 0.15) is 32.6 Å². The largest absolute Gasteiger partial charge is 0.385 e. The van der Waals surface area contributed by atoms with Crippen LogP contribution in [0, 0.1) is 5.92 Å². The Labute approximate surface area is 75.7 Å². The Kier molecular flexibility index (Phi) is 4.62. The van der Waals surface area contributed by atoms with Crippen molar-refractivity contribution in [1.82, 2.24) is 5.32 Å². The molecule has 2 heteroatoms. The lowest BCUT2D eigenvalue weighted by Gasteiger charge is -2.02. The zero-order chi connectivity index (χ0) is 8.81. The second kappa shape index (κ2) is 5.55. The second-order valence-corrected chi connectivity index (χ2v) is 3.69. The van der Waals surface area contributed by atoms with Crippen molar-refractivity contribution in [2.75, 3.05) is 20.3 Å². The molecule has 1 saturated carbocycles. The van der Waals surface area contributed by atoms with Gasteiger partial charge in [-0.1, -0.05) is 13.3 Å². The molecular formula is C10H21NO. The molecule has 0 saturated heterocycles. The summed E-state index contributed by atoms with van der Waals surface area (Å²) in [4.78, 5) is 0. The van der Waals surface area contributed by atoms with Crippen LogP contribution in [0.5, 0.6) is 0 Å². The summed E-state index contributed by atoms with van der Waals surface area (Å²) >= 11 is 0. The molecule has 1 aliphatic carbocycles. The van der Waals surface area contributed by atoms with Crippen LogP contribution in [0.2, 0.25) is 0 Å². The smallest absolute Gasteiger partial charge is 0.0474 e. The fourth-order valence-electron chi connectivity index (χ4n) is 1.69. The van der Waals surface area contributed by atoms with Crippen LogP contribution >= 0.6 is 0 Å². The van der Waals surface area contributed by atoms with Crippen molar-refractivity contribution in [3.63, 3.8) is 0 Å². The van der Waals surface area contributed by atoms with E-state index >= 15 is 0 Å². The van der Waals surface area contributed by atoms with Gasteiger partial charge in [0.05, 0.1) is 0 Å². The minimum Gasteiger partial charge on any atom is -0.385 e. The monoisotopic (exact) mass is 171 g/mol. The molecule has 2 atom stereocenters. The van der Waals surface area contributed by atoms with E-state index in [1.54, 1.807) is 7.11 Å². The predicted molar refractivity (Wildman–Crippen MR) is 51.3 cm³/mol. The Hall–Kier alpha value is -0.0800. The fraction of sp³-hybridized carbons (Fsp3) is 1.00. The molecule has 0 radical (unpaired) electrons. The molecule has 0 spiro atoms. The minimum absolute atomic E-state index is 0.835. The third kappa shape index (κ3) is 3.55. The maximum atomic E-state index is 4.98. The fourth-order valence-corrected chi connectivity index (χ4v) is 1.69. The summed E-state index contributed by atoms with van der Waals surface area (Å²) in [7, 11) is 1.76. The van der Waals surface area contributed by atoms with E-state index in [1.807, 2.05) is 0 Å². The van der Waals surface area contributed by atoms with Crippen LogP contribution in [0.4, 0.5) is 0 Å². The Balaban J connectivity index is 1.83. The molecule has 0 aromatic rings. The van der Waals surface area contributed by atoms with Gasteiger partial charge < -0.3 is 10.1 Å². The van der Waals surface area contributed by atoms with E-state index in [0.29, 0.717) is 0 Å². The second-order valence-electron chi connectivity index (χ2n) is 3.69. The number of nitrogens with one attached hydrogen (secondary N) is 1. The van der Waals surface area contributed by atoms with E-state index < -0.39 is 0 Å². The summed E-state index contributed by atoms with van der Waals surface area (Å²) < 4.78 is 4.98. The Morgan fingerprint density at radius 1 is 1.50 bits per heavy atom. The van der Waals surface area contributed by atoms with Gasteiger partial charge in [0, 0.05) is 19.8 Å². The highest BCUT2D eigenvalue weighted by Crippen LogP contribution is 2.34. The maximum absolute atomic E-state index is 4.98. The first-order valence-electron chi connectivity index (χ1n) is 5.10. The molecular weight excluding hydrogens is 150 g/mol. The Bertz CT molecular complexity index is 116. The highest BCUT2D eigenvalue weighted by atomic mass is 16.5. The summed E-state index contributed by atoms with van der Waals surface area (Å²) in [6.07, 6.45) is 5.29. The topological polar surface area (TPSA) is 21.3 Å². The number of hydrogen-bond donors (Lipinski definition) is 1. The highest BCUT2D eigenvalue weighted by molar-refractivity contribution is 4.92. The molecule has 0 bridgehead atoms. The summed E-state index contributed by atoms with van der Waals surface area (Å²) in [5.41, 5.74) is 0. The SMILES string of the molecule is CCCC1CC1NCCCOC. The zero-order valence-corrected chi connectivity index (χ0v) is 8.31. The molecule has 0 aliphatic heterocycles. The van der Waals surface area contributed by atoms with Crippen molar-refractivity contribution in [1.29, 1.82) is 0 Å². The van der Waals surface area contributed by atoms with Crippen LogP contribution in [0.3, 0.4) is 0 Å². The molecule has 2 unspecified atom stereocenters. The highest BCUT2D eigenvalue weighted by Gasteiger charge is 2.34. The van der Waals surface area contributed by atoms with Gasteiger partial charge in [0.1, 0.15) is 0 Å². The molecule has 1 N–H and O–H groups in total. The van der Waals surface area contributed by atoms with Crippen LogP contribution in [-0.2, 0) is 4.74 Å². The number of methoxy groups -OCH3 is 1. The first-order chi connectivity index (χ1) is 5.88. The average Bonchev–Trinajstić information content (AvgIpc) is 2.79. The number of hydrogen-bond acceptors (Lipinski definition) is 2. The first kappa shape index (κ1) is 10.0. The third-order valence-corrected chi connectivity index (χ3v) is 2.51. The van der Waals surface area contributed by atoms with Crippen LogP contribution in [0.15, 0.2) is 0 Å². The molecule has 0 heterocycles. The quantitative estimate of drug-likeness (QED) is 0.590. The third-order valence-electron chi connectivity index (χ3n) is 2.51. The van der Waals surface area contributed by atoms with Crippen molar-refractivity contribution in [3.8, 4) is 0 Å². The normalized spacial score (nSPS) is 27.5. The molecule has 72 valence electrons. The van der Waals surface area contributed by atoms with Crippen molar-refractivity contribution in [3.05, 3.63) is 0 Å². The predicted octanol–water partition coefficient (Wildman–Crippen LogP) is 1.80. The summed E-state index contributed by atoms with van der Waals surface area (Å²) in [5, 5.41) is 3.55. The van der Waals surface area contributed by atoms with E-state index in [0.717, 1.165) is 31.5 Å². The van der Waals surface area contributed by atoms with Crippen LogP contribution in [0.25, 0.3) is 0 Å². The lowest BCUT2D eigenvalue weighted by Crippen LogP contribution is -2.20. The van der Waals surface area contributed by atoms with Crippen LogP contribution < -0.4 is 5.32 Å².